The van der Waals surface area contributed by atoms with Gasteiger partial charge in [0.2, 0.25) is 0 Å². The van der Waals surface area contributed by atoms with E-state index in [1.165, 1.54) is 7.11 Å². The van der Waals surface area contributed by atoms with Crippen molar-refractivity contribution in [2.24, 2.45) is 0 Å². The number of hydrogen-bond acceptors (Lipinski definition) is 5. The molecular formula is C16H16N4O2. The standard InChI is InChI=1S/C16H16N4O2/c1-11-15(21)20(9-8-12-6-4-3-5-7-12)14-13(18-11)10-17-16(19-14)22-2/h3-7,10H,8-9H2,1-2H3. The number of rotatable bonds is 4. The highest BCUT2D eigenvalue weighted by molar-refractivity contribution is 5.69. The van der Waals surface area contributed by atoms with Crippen LogP contribution in [-0.4, -0.2) is 26.6 Å². The maximum absolute atomic E-state index is 12.4. The van der Waals surface area contributed by atoms with Crippen LogP contribution in [0.5, 0.6) is 6.01 Å². The Balaban J connectivity index is 2.06. The lowest BCUT2D eigenvalue weighted by molar-refractivity contribution is 0.380. The fourth-order valence-electron chi connectivity index (χ4n) is 2.34. The Morgan fingerprint density at radius 1 is 1.18 bits per heavy atom. The summed E-state index contributed by atoms with van der Waals surface area (Å²) in [5.74, 6) is 0. The average Bonchev–Trinajstić information content (AvgIpc) is 2.56. The summed E-state index contributed by atoms with van der Waals surface area (Å²) >= 11 is 0. The van der Waals surface area contributed by atoms with Crippen molar-refractivity contribution in [3.05, 3.63) is 58.1 Å². The zero-order valence-electron chi connectivity index (χ0n) is 12.5. The average molecular weight is 296 g/mol. The molecule has 0 unspecified atom stereocenters. The summed E-state index contributed by atoms with van der Waals surface area (Å²) in [6.45, 7) is 2.23. The molecule has 6 nitrogen and oxygen atoms in total. The lowest BCUT2D eigenvalue weighted by atomic mass is 10.1. The third-order valence-electron chi connectivity index (χ3n) is 3.48. The summed E-state index contributed by atoms with van der Waals surface area (Å²) in [5, 5.41) is 0. The molecule has 0 fully saturated rings. The molecule has 2 aromatic heterocycles. The number of benzene rings is 1. The molecule has 6 heteroatoms. The first-order valence-electron chi connectivity index (χ1n) is 7.01. The van der Waals surface area contributed by atoms with Crippen LogP contribution in [0.4, 0.5) is 0 Å². The third kappa shape index (κ3) is 2.67. The van der Waals surface area contributed by atoms with Gasteiger partial charge in [0.25, 0.3) is 5.56 Å². The highest BCUT2D eigenvalue weighted by atomic mass is 16.5. The molecule has 2 heterocycles. The lowest BCUT2D eigenvalue weighted by Gasteiger charge is -2.10. The zero-order valence-corrected chi connectivity index (χ0v) is 12.5. The second-order valence-corrected chi connectivity index (χ2v) is 4.96. The van der Waals surface area contributed by atoms with Gasteiger partial charge in [0, 0.05) is 6.54 Å². The Labute approximate surface area is 127 Å². The minimum absolute atomic E-state index is 0.135. The van der Waals surface area contributed by atoms with Crippen molar-refractivity contribution in [3.8, 4) is 6.01 Å². The van der Waals surface area contributed by atoms with Crippen LogP contribution < -0.4 is 10.3 Å². The van der Waals surface area contributed by atoms with Crippen LogP contribution in [0.2, 0.25) is 0 Å². The maximum Gasteiger partial charge on any atom is 0.318 e. The van der Waals surface area contributed by atoms with Crippen LogP contribution in [0.15, 0.2) is 41.3 Å². The Hall–Kier alpha value is -2.76. The molecule has 3 aromatic rings. The molecule has 0 aliphatic heterocycles. The third-order valence-corrected chi connectivity index (χ3v) is 3.48. The fourth-order valence-corrected chi connectivity index (χ4v) is 2.34. The number of methoxy groups -OCH3 is 1. The molecule has 0 saturated carbocycles. The summed E-state index contributed by atoms with van der Waals surface area (Å²) in [7, 11) is 1.50. The summed E-state index contributed by atoms with van der Waals surface area (Å²) in [4.78, 5) is 25.0. The molecule has 0 aliphatic carbocycles. The van der Waals surface area contributed by atoms with Gasteiger partial charge in [-0.2, -0.15) is 4.98 Å². The largest absolute Gasteiger partial charge is 0.467 e. The van der Waals surface area contributed by atoms with E-state index < -0.39 is 0 Å². The van der Waals surface area contributed by atoms with Gasteiger partial charge in [-0.15, -0.1) is 0 Å². The van der Waals surface area contributed by atoms with E-state index in [2.05, 4.69) is 15.0 Å². The Morgan fingerprint density at radius 3 is 2.68 bits per heavy atom. The fraction of sp³-hybridized carbons (Fsp3) is 0.250. The molecule has 0 spiro atoms. The number of ether oxygens (including phenoxy) is 1. The first-order valence-corrected chi connectivity index (χ1v) is 7.01. The predicted molar refractivity (Wildman–Crippen MR) is 83.0 cm³/mol. The summed E-state index contributed by atoms with van der Waals surface area (Å²) in [6.07, 6.45) is 2.32. The monoisotopic (exact) mass is 296 g/mol. The molecule has 3 rings (SSSR count). The van der Waals surface area contributed by atoms with Gasteiger partial charge in [0.1, 0.15) is 11.2 Å². The number of aryl methyl sites for hydroxylation is 3. The van der Waals surface area contributed by atoms with Crippen LogP contribution in [0.25, 0.3) is 11.2 Å². The van der Waals surface area contributed by atoms with Gasteiger partial charge in [-0.05, 0) is 18.9 Å². The lowest BCUT2D eigenvalue weighted by Crippen LogP contribution is -2.26. The van der Waals surface area contributed by atoms with Gasteiger partial charge >= 0.3 is 6.01 Å². The van der Waals surface area contributed by atoms with Crippen LogP contribution in [0.1, 0.15) is 11.3 Å². The van der Waals surface area contributed by atoms with Crippen molar-refractivity contribution >= 4 is 11.2 Å². The highest BCUT2D eigenvalue weighted by Crippen LogP contribution is 2.11. The minimum atomic E-state index is -0.135. The molecule has 22 heavy (non-hydrogen) atoms. The number of nitrogens with zero attached hydrogens (tertiary/aromatic N) is 4. The molecule has 0 amide bonds. The van der Waals surface area contributed by atoms with E-state index in [1.807, 2.05) is 30.3 Å². The topological polar surface area (TPSA) is 69.9 Å². The Morgan fingerprint density at radius 2 is 1.95 bits per heavy atom. The van der Waals surface area contributed by atoms with Gasteiger partial charge in [-0.1, -0.05) is 30.3 Å². The van der Waals surface area contributed by atoms with Gasteiger partial charge in [-0.3, -0.25) is 9.36 Å². The molecule has 112 valence electrons. The SMILES string of the molecule is COc1ncc2nc(C)c(=O)n(CCc3ccccc3)c2n1. The quantitative estimate of drug-likeness (QED) is 0.733. The van der Waals surface area contributed by atoms with E-state index >= 15 is 0 Å². The van der Waals surface area contributed by atoms with Crippen molar-refractivity contribution in [2.75, 3.05) is 7.11 Å². The minimum Gasteiger partial charge on any atom is -0.467 e. The van der Waals surface area contributed by atoms with Gasteiger partial charge < -0.3 is 4.74 Å². The second-order valence-electron chi connectivity index (χ2n) is 4.96. The van der Waals surface area contributed by atoms with Crippen LogP contribution in [0.3, 0.4) is 0 Å². The number of hydrogen-bond donors (Lipinski definition) is 0. The number of fused-ring (bicyclic) bond motifs is 1. The summed E-state index contributed by atoms with van der Waals surface area (Å²) < 4.78 is 6.68. The van der Waals surface area contributed by atoms with Gasteiger partial charge in [-0.25, -0.2) is 9.97 Å². The molecule has 0 radical (unpaired) electrons. The molecule has 0 atom stereocenters. The highest BCUT2D eigenvalue weighted by Gasteiger charge is 2.11. The molecule has 1 aromatic carbocycles. The smallest absolute Gasteiger partial charge is 0.318 e. The summed E-state index contributed by atoms with van der Waals surface area (Å²) in [6, 6.07) is 10.2. The Kier molecular flexibility index (Phi) is 3.82. The van der Waals surface area contributed by atoms with E-state index in [1.54, 1.807) is 17.7 Å². The first kappa shape index (κ1) is 14.2. The van der Waals surface area contributed by atoms with Crippen molar-refractivity contribution in [2.45, 2.75) is 19.9 Å². The van der Waals surface area contributed by atoms with Gasteiger partial charge in [0.05, 0.1) is 13.3 Å². The molecular weight excluding hydrogens is 280 g/mol. The van der Waals surface area contributed by atoms with E-state index in [4.69, 9.17) is 4.74 Å². The van der Waals surface area contributed by atoms with E-state index in [-0.39, 0.29) is 11.6 Å². The maximum atomic E-state index is 12.4. The van der Waals surface area contributed by atoms with Crippen LogP contribution >= 0.6 is 0 Å². The predicted octanol–water partition coefficient (Wildman–Crippen LogP) is 1.75. The van der Waals surface area contributed by atoms with Crippen LogP contribution in [0, 0.1) is 6.92 Å². The Bertz CT molecular complexity index is 859. The van der Waals surface area contributed by atoms with Crippen molar-refractivity contribution < 1.29 is 4.74 Å². The zero-order chi connectivity index (χ0) is 15.5. The van der Waals surface area contributed by atoms with Crippen molar-refractivity contribution in [1.82, 2.24) is 19.5 Å². The van der Waals surface area contributed by atoms with E-state index in [0.29, 0.717) is 23.4 Å². The second kappa shape index (κ2) is 5.93. The van der Waals surface area contributed by atoms with Gasteiger partial charge in [0.15, 0.2) is 5.65 Å². The molecule has 0 aliphatic rings. The first-order chi connectivity index (χ1) is 10.7. The van der Waals surface area contributed by atoms with Crippen molar-refractivity contribution in [1.29, 1.82) is 0 Å². The van der Waals surface area contributed by atoms with E-state index in [9.17, 15) is 4.79 Å². The molecule has 0 saturated heterocycles. The van der Waals surface area contributed by atoms with Crippen molar-refractivity contribution in [3.63, 3.8) is 0 Å². The van der Waals surface area contributed by atoms with Crippen LogP contribution in [-0.2, 0) is 13.0 Å². The number of aromatic nitrogens is 4. The normalized spacial score (nSPS) is 10.8. The summed E-state index contributed by atoms with van der Waals surface area (Å²) in [5.41, 5.74) is 2.56. The molecule has 0 N–H and O–H groups in total. The van der Waals surface area contributed by atoms with E-state index in [0.717, 1.165) is 12.0 Å². The molecule has 0 bridgehead atoms.